The number of rotatable bonds is 2. The first kappa shape index (κ1) is 22.7. The van der Waals surface area contributed by atoms with Crippen LogP contribution in [-0.2, 0) is 27.4 Å². The highest BCUT2D eigenvalue weighted by atomic mass is 32.2. The molecular formula is C23H22F3N3O4S. The molecule has 1 spiro atoms. The highest BCUT2D eigenvalue weighted by Gasteiger charge is 2.47. The van der Waals surface area contributed by atoms with Gasteiger partial charge in [-0.15, -0.1) is 0 Å². The maximum atomic E-state index is 13.3. The molecule has 0 saturated carbocycles. The van der Waals surface area contributed by atoms with Crippen molar-refractivity contribution in [2.24, 2.45) is 0 Å². The Hall–Kier alpha value is -3.05. The number of amides is 1. The van der Waals surface area contributed by atoms with Crippen molar-refractivity contribution in [3.63, 3.8) is 0 Å². The van der Waals surface area contributed by atoms with E-state index in [-0.39, 0.29) is 17.9 Å². The van der Waals surface area contributed by atoms with Crippen LogP contribution in [0.1, 0.15) is 23.1 Å². The van der Waals surface area contributed by atoms with E-state index in [1.54, 1.807) is 18.2 Å². The molecule has 0 aromatic heterocycles. The number of halogens is 3. The van der Waals surface area contributed by atoms with Gasteiger partial charge in [0.05, 0.1) is 17.0 Å². The van der Waals surface area contributed by atoms with Crippen LogP contribution < -0.4 is 14.8 Å². The molecule has 1 amide bonds. The van der Waals surface area contributed by atoms with Crippen LogP contribution in [0, 0.1) is 0 Å². The molecule has 1 saturated heterocycles. The van der Waals surface area contributed by atoms with Gasteiger partial charge >= 0.3 is 6.18 Å². The maximum absolute atomic E-state index is 13.3. The van der Waals surface area contributed by atoms with Gasteiger partial charge < -0.3 is 10.1 Å². The van der Waals surface area contributed by atoms with Gasteiger partial charge in [0.15, 0.2) is 0 Å². The molecule has 5 rings (SSSR count). The number of fused-ring (bicyclic) bond motifs is 2. The van der Waals surface area contributed by atoms with Crippen LogP contribution >= 0.6 is 0 Å². The Kier molecular flexibility index (Phi) is 5.17. The number of alkyl halides is 3. The van der Waals surface area contributed by atoms with Crippen LogP contribution in [0.25, 0.3) is 5.57 Å². The minimum Gasteiger partial charge on any atom is -0.484 e. The van der Waals surface area contributed by atoms with Crippen molar-refractivity contribution in [2.45, 2.75) is 24.6 Å². The van der Waals surface area contributed by atoms with E-state index in [0.717, 1.165) is 12.1 Å². The lowest BCUT2D eigenvalue weighted by Gasteiger charge is -2.51. The minimum absolute atomic E-state index is 0.0870. The van der Waals surface area contributed by atoms with Gasteiger partial charge in [-0.25, -0.2) is 8.42 Å². The molecule has 2 N–H and O–H groups in total. The second-order valence-corrected chi connectivity index (χ2v) is 10.8. The molecule has 34 heavy (non-hydrogen) atoms. The molecule has 11 heteroatoms. The summed E-state index contributed by atoms with van der Waals surface area (Å²) in [4.78, 5) is 14.9. The maximum Gasteiger partial charge on any atom is 0.416 e. The highest BCUT2D eigenvalue weighted by molar-refractivity contribution is 7.92. The summed E-state index contributed by atoms with van der Waals surface area (Å²) in [5.74, 6) is -0.428. The predicted molar refractivity (Wildman–Crippen MR) is 121 cm³/mol. The van der Waals surface area contributed by atoms with Gasteiger partial charge in [-0.1, -0.05) is 12.1 Å². The Balaban J connectivity index is 1.46. The molecule has 2 aromatic rings. The molecule has 0 bridgehead atoms. The van der Waals surface area contributed by atoms with Gasteiger partial charge in [0, 0.05) is 42.4 Å². The number of carbonyl (C=O) groups is 1. The summed E-state index contributed by atoms with van der Waals surface area (Å²) in [7, 11) is -1.51. The number of benzene rings is 2. The molecule has 1 fully saturated rings. The topological polar surface area (TPSA) is 87.7 Å². The molecule has 3 aliphatic rings. The zero-order valence-electron chi connectivity index (χ0n) is 18.2. The lowest BCUT2D eigenvalue weighted by Crippen LogP contribution is -2.64. The van der Waals surface area contributed by atoms with Crippen molar-refractivity contribution in [3.8, 4) is 5.75 Å². The van der Waals surface area contributed by atoms with Gasteiger partial charge in [-0.3, -0.25) is 14.4 Å². The fourth-order valence-electron chi connectivity index (χ4n) is 4.85. The Labute approximate surface area is 194 Å². The summed E-state index contributed by atoms with van der Waals surface area (Å²) < 4.78 is 71.9. The number of carbonyl (C=O) groups excluding carboxylic acids is 1. The largest absolute Gasteiger partial charge is 0.484 e. The van der Waals surface area contributed by atoms with E-state index in [1.807, 2.05) is 11.9 Å². The molecule has 7 nitrogen and oxygen atoms in total. The molecule has 0 unspecified atom stereocenters. The fraction of sp³-hybridized carbons (Fsp3) is 0.348. The van der Waals surface area contributed by atoms with Gasteiger partial charge in [0.1, 0.15) is 11.4 Å². The van der Waals surface area contributed by atoms with E-state index in [0.29, 0.717) is 47.6 Å². The van der Waals surface area contributed by atoms with Crippen molar-refractivity contribution in [3.05, 3.63) is 59.2 Å². The van der Waals surface area contributed by atoms with E-state index in [2.05, 4.69) is 10.0 Å². The average molecular weight is 494 g/mol. The van der Waals surface area contributed by atoms with Gasteiger partial charge in [-0.2, -0.15) is 13.2 Å². The Bertz CT molecular complexity index is 1320. The second kappa shape index (κ2) is 7.74. The quantitative estimate of drug-likeness (QED) is 0.626. The Morgan fingerprint density at radius 3 is 2.71 bits per heavy atom. The van der Waals surface area contributed by atoms with Crippen molar-refractivity contribution in [1.29, 1.82) is 0 Å². The van der Waals surface area contributed by atoms with Crippen LogP contribution in [0.15, 0.2) is 42.5 Å². The number of likely N-dealkylation sites (tertiary alicyclic amines) is 1. The first-order valence-electron chi connectivity index (χ1n) is 10.7. The van der Waals surface area contributed by atoms with E-state index >= 15 is 0 Å². The van der Waals surface area contributed by atoms with Crippen LogP contribution in [-0.4, -0.2) is 50.7 Å². The Morgan fingerprint density at radius 2 is 2.00 bits per heavy atom. The van der Waals surface area contributed by atoms with Crippen LogP contribution in [0.2, 0.25) is 0 Å². The first-order chi connectivity index (χ1) is 15.9. The third-order valence-electron chi connectivity index (χ3n) is 6.24. The molecule has 0 radical (unpaired) electrons. The number of hydrogen-bond acceptors (Lipinski definition) is 5. The number of sulfonamides is 1. The molecule has 2 aromatic carbocycles. The van der Waals surface area contributed by atoms with Crippen LogP contribution in [0.4, 0.5) is 24.5 Å². The summed E-state index contributed by atoms with van der Waals surface area (Å²) in [5.41, 5.74) is 1.14. The summed E-state index contributed by atoms with van der Waals surface area (Å²) in [6, 6.07) is 8.26. The monoisotopic (exact) mass is 493 g/mol. The van der Waals surface area contributed by atoms with E-state index in [1.165, 1.54) is 12.1 Å². The third kappa shape index (κ3) is 4.25. The Morgan fingerprint density at radius 1 is 1.24 bits per heavy atom. The third-order valence-corrected chi connectivity index (χ3v) is 7.51. The van der Waals surface area contributed by atoms with Gasteiger partial charge in [-0.05, 0) is 43.3 Å². The average Bonchev–Trinajstić information content (AvgIpc) is 2.71. The van der Waals surface area contributed by atoms with E-state index in [4.69, 9.17) is 4.74 Å². The number of ether oxygens (including phenoxy) is 1. The van der Waals surface area contributed by atoms with Crippen molar-refractivity contribution >= 4 is 32.9 Å². The summed E-state index contributed by atoms with van der Waals surface area (Å²) in [5, 5.41) is 2.80. The highest BCUT2D eigenvalue weighted by Crippen LogP contribution is 2.46. The van der Waals surface area contributed by atoms with Crippen LogP contribution in [0.5, 0.6) is 5.75 Å². The lowest BCUT2D eigenvalue weighted by molar-refractivity contribution is -0.138. The summed E-state index contributed by atoms with van der Waals surface area (Å²) >= 11 is 0. The number of anilines is 2. The molecule has 0 atom stereocenters. The lowest BCUT2D eigenvalue weighted by atomic mass is 9.81. The van der Waals surface area contributed by atoms with E-state index < -0.39 is 33.3 Å². The number of likely N-dealkylation sites (N-methyl/N-ethyl adjacent to an activating group) is 1. The zero-order valence-corrected chi connectivity index (χ0v) is 19.0. The van der Waals surface area contributed by atoms with Crippen molar-refractivity contribution in [1.82, 2.24) is 4.90 Å². The van der Waals surface area contributed by atoms with Gasteiger partial charge in [0.25, 0.3) is 0 Å². The summed E-state index contributed by atoms with van der Waals surface area (Å²) in [6.45, 7) is 1.07. The fourth-order valence-corrected chi connectivity index (χ4v) is 5.95. The predicted octanol–water partition coefficient (Wildman–Crippen LogP) is 3.49. The van der Waals surface area contributed by atoms with Crippen LogP contribution in [0.3, 0.4) is 0 Å². The SMILES string of the molecule is CN1CC2(C/C(=C\C(=O)Nc3cccc4c3CCS(=O)(=O)N4)c3ccc(C(F)(F)F)cc3O2)C1. The number of nitrogens with zero attached hydrogens (tertiary/aromatic N) is 1. The molecule has 0 aliphatic carbocycles. The normalized spacial score (nSPS) is 21.6. The zero-order chi connectivity index (χ0) is 24.3. The second-order valence-electron chi connectivity index (χ2n) is 9.00. The molecule has 3 aliphatic heterocycles. The van der Waals surface area contributed by atoms with Crippen molar-refractivity contribution in [2.75, 3.05) is 35.9 Å². The first-order valence-corrected chi connectivity index (χ1v) is 12.3. The van der Waals surface area contributed by atoms with Crippen molar-refractivity contribution < 1.29 is 31.1 Å². The standard InChI is InChI=1S/C23H22F3N3O4S/c1-29-12-22(13-29)11-14(16-6-5-15(23(24,25)26)10-20(16)33-22)9-21(30)27-18-3-2-4-19-17(18)7-8-34(31,32)28-19/h2-6,9-10,28H,7-8,11-13H2,1H3,(H,27,30)/b14-9+. The van der Waals surface area contributed by atoms with Gasteiger partial charge in [0.2, 0.25) is 15.9 Å². The molecule has 3 heterocycles. The number of nitrogens with one attached hydrogen (secondary N) is 2. The smallest absolute Gasteiger partial charge is 0.416 e. The minimum atomic E-state index is -4.51. The summed E-state index contributed by atoms with van der Waals surface area (Å²) in [6.07, 6.45) is -2.48. The number of hydrogen-bond donors (Lipinski definition) is 2. The molecule has 180 valence electrons. The van der Waals surface area contributed by atoms with E-state index in [9.17, 15) is 26.4 Å². The molecular weight excluding hydrogens is 471 g/mol.